The zero-order valence-corrected chi connectivity index (χ0v) is 11.7. The highest BCUT2D eigenvalue weighted by Gasteiger charge is 2.10. The topological polar surface area (TPSA) is 37.8 Å². The smallest absolute Gasteiger partial charge is 0.305 e. The van der Waals surface area contributed by atoms with Gasteiger partial charge in [-0.1, -0.05) is 0 Å². The molecular weight excluding hydrogens is 264 g/mol. The molecule has 0 fully saturated rings. The largest absolute Gasteiger partial charge is 0.331 e. The number of aryl methyl sites for hydroxylation is 1. The summed E-state index contributed by atoms with van der Waals surface area (Å²) in [6, 6.07) is 8.06. The van der Waals surface area contributed by atoms with Crippen molar-refractivity contribution >= 4 is 34.1 Å². The number of fused-ring (bicyclic) bond motifs is 1. The first kappa shape index (κ1) is 11.6. The van der Waals surface area contributed by atoms with Gasteiger partial charge in [0.2, 0.25) is 0 Å². The lowest BCUT2D eigenvalue weighted by Crippen LogP contribution is -2.13. The highest BCUT2D eigenvalue weighted by molar-refractivity contribution is 7.98. The van der Waals surface area contributed by atoms with Gasteiger partial charge in [0.1, 0.15) is 5.00 Å². The van der Waals surface area contributed by atoms with E-state index in [2.05, 4.69) is 10.4 Å². The van der Waals surface area contributed by atoms with Gasteiger partial charge in [0.05, 0.1) is 11.0 Å². The normalized spacial score (nSPS) is 11.2. The fourth-order valence-corrected chi connectivity index (χ4v) is 3.31. The fourth-order valence-electron chi connectivity index (χ4n) is 1.96. The van der Waals surface area contributed by atoms with E-state index >= 15 is 0 Å². The van der Waals surface area contributed by atoms with Crippen LogP contribution in [0.5, 0.6) is 0 Å². The summed E-state index contributed by atoms with van der Waals surface area (Å²) in [5.41, 5.74) is 2.92. The van der Waals surface area contributed by atoms with Crippen LogP contribution in [0.3, 0.4) is 0 Å². The Labute approximate surface area is 112 Å². The molecule has 0 aliphatic rings. The van der Waals surface area contributed by atoms with E-state index in [1.54, 1.807) is 27.7 Å². The van der Waals surface area contributed by atoms with E-state index in [0.717, 1.165) is 20.9 Å². The summed E-state index contributed by atoms with van der Waals surface area (Å²) in [5, 5.41) is 3.01. The molecule has 0 saturated carbocycles. The van der Waals surface area contributed by atoms with E-state index in [9.17, 15) is 4.79 Å². The standard InChI is InChI=1S/C13H12N2OS2/c1-8-5-12(18-7-8)15-11-6-9(17-2)3-4-10(11)14-13(15)16/h3-7H,1-2H3,(H,14,16). The van der Waals surface area contributed by atoms with Crippen molar-refractivity contribution in [1.29, 1.82) is 0 Å². The van der Waals surface area contributed by atoms with Crippen LogP contribution in [0.1, 0.15) is 5.56 Å². The lowest BCUT2D eigenvalue weighted by atomic mass is 10.3. The summed E-state index contributed by atoms with van der Waals surface area (Å²) in [6.45, 7) is 2.03. The average Bonchev–Trinajstić information content (AvgIpc) is 2.90. The minimum atomic E-state index is -0.0786. The SMILES string of the molecule is CSc1ccc2[nH]c(=O)n(-c3cc(C)cs3)c2c1. The molecule has 2 aromatic heterocycles. The number of nitrogens with zero attached hydrogens (tertiary/aromatic N) is 1. The molecular formula is C13H12N2OS2. The molecule has 5 heteroatoms. The Morgan fingerprint density at radius 2 is 2.17 bits per heavy atom. The second kappa shape index (κ2) is 4.33. The molecule has 0 radical (unpaired) electrons. The predicted molar refractivity (Wildman–Crippen MR) is 78.3 cm³/mol. The van der Waals surface area contributed by atoms with Crippen molar-refractivity contribution < 1.29 is 0 Å². The minimum Gasteiger partial charge on any atom is -0.305 e. The summed E-state index contributed by atoms with van der Waals surface area (Å²) >= 11 is 3.26. The molecule has 0 saturated heterocycles. The third-order valence-electron chi connectivity index (χ3n) is 2.83. The highest BCUT2D eigenvalue weighted by Crippen LogP contribution is 2.25. The molecule has 0 atom stereocenters. The molecule has 1 N–H and O–H groups in total. The monoisotopic (exact) mass is 276 g/mol. The number of H-pyrrole nitrogens is 1. The van der Waals surface area contributed by atoms with Crippen LogP contribution >= 0.6 is 23.1 Å². The van der Waals surface area contributed by atoms with Gasteiger partial charge in [-0.3, -0.25) is 4.57 Å². The van der Waals surface area contributed by atoms with Crippen LogP contribution in [-0.4, -0.2) is 15.8 Å². The molecule has 3 aromatic rings. The number of thioether (sulfide) groups is 1. The first-order valence-electron chi connectivity index (χ1n) is 5.53. The van der Waals surface area contributed by atoms with Crippen molar-refractivity contribution in [2.45, 2.75) is 11.8 Å². The van der Waals surface area contributed by atoms with Crippen LogP contribution < -0.4 is 5.69 Å². The quantitative estimate of drug-likeness (QED) is 0.728. The van der Waals surface area contributed by atoms with Crippen molar-refractivity contribution in [3.8, 4) is 5.00 Å². The van der Waals surface area contributed by atoms with Gasteiger partial charge in [0.15, 0.2) is 0 Å². The van der Waals surface area contributed by atoms with Gasteiger partial charge in [0.25, 0.3) is 0 Å². The third-order valence-corrected chi connectivity index (χ3v) is 4.58. The number of benzene rings is 1. The van der Waals surface area contributed by atoms with Crippen molar-refractivity contribution in [3.63, 3.8) is 0 Å². The van der Waals surface area contributed by atoms with Gasteiger partial charge < -0.3 is 4.98 Å². The van der Waals surface area contributed by atoms with Crippen LogP contribution in [0, 0.1) is 6.92 Å². The van der Waals surface area contributed by atoms with E-state index in [1.807, 2.05) is 37.4 Å². The van der Waals surface area contributed by atoms with E-state index < -0.39 is 0 Å². The van der Waals surface area contributed by atoms with Gasteiger partial charge in [-0.2, -0.15) is 0 Å². The number of thiophene rings is 1. The Hall–Kier alpha value is -1.46. The number of nitrogens with one attached hydrogen (secondary N) is 1. The highest BCUT2D eigenvalue weighted by atomic mass is 32.2. The van der Waals surface area contributed by atoms with Crippen molar-refractivity contribution in [2.75, 3.05) is 6.26 Å². The van der Waals surface area contributed by atoms with Crippen LogP contribution in [0.25, 0.3) is 16.0 Å². The first-order valence-corrected chi connectivity index (χ1v) is 7.64. The summed E-state index contributed by atoms with van der Waals surface area (Å²) < 4.78 is 1.74. The van der Waals surface area contributed by atoms with E-state index in [1.165, 1.54) is 5.56 Å². The van der Waals surface area contributed by atoms with Gasteiger partial charge in [-0.25, -0.2) is 4.79 Å². The predicted octanol–water partition coefficient (Wildman–Crippen LogP) is 3.41. The van der Waals surface area contributed by atoms with Crippen molar-refractivity contribution in [3.05, 3.63) is 45.7 Å². The van der Waals surface area contributed by atoms with Gasteiger partial charge in [0, 0.05) is 4.90 Å². The maximum absolute atomic E-state index is 12.1. The molecule has 1 aromatic carbocycles. The Kier molecular flexibility index (Phi) is 2.80. The van der Waals surface area contributed by atoms with Gasteiger partial charge in [-0.15, -0.1) is 23.1 Å². The summed E-state index contributed by atoms with van der Waals surface area (Å²) in [5.74, 6) is 0. The maximum Gasteiger partial charge on any atom is 0.331 e. The van der Waals surface area contributed by atoms with Crippen LogP contribution in [0.15, 0.2) is 39.3 Å². The van der Waals surface area contributed by atoms with E-state index in [0.29, 0.717) is 0 Å². The zero-order chi connectivity index (χ0) is 12.7. The summed E-state index contributed by atoms with van der Waals surface area (Å²) in [6.07, 6.45) is 2.03. The molecule has 92 valence electrons. The number of aromatic amines is 1. The molecule has 0 aliphatic carbocycles. The Morgan fingerprint density at radius 3 is 2.83 bits per heavy atom. The van der Waals surface area contributed by atoms with Crippen LogP contribution in [0.2, 0.25) is 0 Å². The minimum absolute atomic E-state index is 0.0786. The zero-order valence-electron chi connectivity index (χ0n) is 10.1. The lowest BCUT2D eigenvalue weighted by Gasteiger charge is -2.00. The summed E-state index contributed by atoms with van der Waals surface area (Å²) in [7, 11) is 0. The number of aromatic nitrogens is 2. The number of hydrogen-bond donors (Lipinski definition) is 1. The maximum atomic E-state index is 12.1. The molecule has 0 unspecified atom stereocenters. The fraction of sp³-hybridized carbons (Fsp3) is 0.154. The number of imidazole rings is 1. The summed E-state index contributed by atoms with van der Waals surface area (Å²) in [4.78, 5) is 16.1. The first-order chi connectivity index (χ1) is 8.69. The molecule has 18 heavy (non-hydrogen) atoms. The average molecular weight is 276 g/mol. The molecule has 0 bridgehead atoms. The molecule has 0 aliphatic heterocycles. The molecule has 2 heterocycles. The number of hydrogen-bond acceptors (Lipinski definition) is 3. The van der Waals surface area contributed by atoms with Gasteiger partial charge in [-0.05, 0) is 48.4 Å². The van der Waals surface area contributed by atoms with Gasteiger partial charge >= 0.3 is 5.69 Å². The lowest BCUT2D eigenvalue weighted by molar-refractivity contribution is 1.04. The molecule has 3 rings (SSSR count). The van der Waals surface area contributed by atoms with Crippen LogP contribution in [0.4, 0.5) is 0 Å². The second-order valence-electron chi connectivity index (χ2n) is 4.11. The second-order valence-corrected chi connectivity index (χ2v) is 5.88. The molecule has 0 amide bonds. The number of rotatable bonds is 2. The van der Waals surface area contributed by atoms with Crippen molar-refractivity contribution in [2.24, 2.45) is 0 Å². The Bertz CT molecular complexity index is 767. The Morgan fingerprint density at radius 1 is 1.33 bits per heavy atom. The van der Waals surface area contributed by atoms with E-state index in [-0.39, 0.29) is 5.69 Å². The molecule has 3 nitrogen and oxygen atoms in total. The van der Waals surface area contributed by atoms with E-state index in [4.69, 9.17) is 0 Å². The Balaban J connectivity index is 2.33. The van der Waals surface area contributed by atoms with Crippen LogP contribution in [-0.2, 0) is 0 Å². The van der Waals surface area contributed by atoms with Crippen molar-refractivity contribution in [1.82, 2.24) is 9.55 Å². The third kappa shape index (κ3) is 1.79. The molecule has 0 spiro atoms.